The van der Waals surface area contributed by atoms with Crippen LogP contribution in [0.5, 0.6) is 0 Å². The standard InChI is InChI=1S/C11H13FN2O2/c1-13-10-6-16-5-8(10)11(15)7-2-3-14-4-9(7)12/h2-4,8,10,13H,5-6H2,1H3. The Kier molecular flexibility index (Phi) is 3.26. The summed E-state index contributed by atoms with van der Waals surface area (Å²) < 4.78 is 18.6. The van der Waals surface area contributed by atoms with Crippen molar-refractivity contribution < 1.29 is 13.9 Å². The van der Waals surface area contributed by atoms with Crippen molar-refractivity contribution in [3.05, 3.63) is 29.8 Å². The Morgan fingerprint density at radius 1 is 1.62 bits per heavy atom. The molecule has 0 saturated carbocycles. The highest BCUT2D eigenvalue weighted by Crippen LogP contribution is 2.20. The van der Waals surface area contributed by atoms with E-state index in [-0.39, 0.29) is 23.3 Å². The number of hydrogen-bond donors (Lipinski definition) is 1. The molecular weight excluding hydrogens is 211 g/mol. The molecule has 0 aromatic carbocycles. The Hall–Kier alpha value is -1.33. The van der Waals surface area contributed by atoms with Crippen molar-refractivity contribution in [3.63, 3.8) is 0 Å². The molecule has 0 radical (unpaired) electrons. The zero-order valence-electron chi connectivity index (χ0n) is 8.94. The summed E-state index contributed by atoms with van der Waals surface area (Å²) >= 11 is 0. The molecular formula is C11H13FN2O2. The largest absolute Gasteiger partial charge is 0.379 e. The predicted octanol–water partition coefficient (Wildman–Crippen LogP) is 0.638. The number of Topliss-reactive ketones (excluding diaryl/α,β-unsaturated/α-hetero) is 1. The van der Waals surface area contributed by atoms with Gasteiger partial charge in [0.1, 0.15) is 0 Å². The SMILES string of the molecule is CNC1COCC1C(=O)c1ccncc1F. The van der Waals surface area contributed by atoms with Gasteiger partial charge in [0.2, 0.25) is 0 Å². The molecule has 0 aliphatic carbocycles. The molecule has 16 heavy (non-hydrogen) atoms. The molecule has 86 valence electrons. The first-order valence-electron chi connectivity index (χ1n) is 5.12. The molecule has 0 bridgehead atoms. The van der Waals surface area contributed by atoms with E-state index in [0.29, 0.717) is 13.2 Å². The van der Waals surface area contributed by atoms with Crippen LogP contribution in [0.25, 0.3) is 0 Å². The number of ether oxygens (including phenoxy) is 1. The van der Waals surface area contributed by atoms with Gasteiger partial charge in [0.05, 0.1) is 30.9 Å². The van der Waals surface area contributed by atoms with Gasteiger partial charge in [0, 0.05) is 12.2 Å². The number of pyridine rings is 1. The lowest BCUT2D eigenvalue weighted by Gasteiger charge is -2.15. The lowest BCUT2D eigenvalue weighted by Crippen LogP contribution is -2.37. The van der Waals surface area contributed by atoms with E-state index in [9.17, 15) is 9.18 Å². The molecule has 1 N–H and O–H groups in total. The third-order valence-corrected chi connectivity index (χ3v) is 2.83. The van der Waals surface area contributed by atoms with Gasteiger partial charge in [-0.2, -0.15) is 0 Å². The molecule has 1 aliphatic rings. The first kappa shape index (κ1) is 11.2. The highest BCUT2D eigenvalue weighted by Gasteiger charge is 2.34. The lowest BCUT2D eigenvalue weighted by molar-refractivity contribution is 0.0888. The number of ketones is 1. The maximum Gasteiger partial charge on any atom is 0.172 e. The third kappa shape index (κ3) is 1.96. The molecule has 1 saturated heterocycles. The number of halogens is 1. The second kappa shape index (κ2) is 4.67. The van der Waals surface area contributed by atoms with E-state index in [1.807, 2.05) is 0 Å². The van der Waals surface area contributed by atoms with Crippen molar-refractivity contribution in [2.24, 2.45) is 5.92 Å². The Morgan fingerprint density at radius 3 is 3.12 bits per heavy atom. The van der Waals surface area contributed by atoms with E-state index in [2.05, 4.69) is 10.3 Å². The van der Waals surface area contributed by atoms with Crippen molar-refractivity contribution in [1.82, 2.24) is 10.3 Å². The molecule has 2 heterocycles. The second-order valence-electron chi connectivity index (χ2n) is 3.76. The van der Waals surface area contributed by atoms with Crippen LogP contribution in [0, 0.1) is 11.7 Å². The average molecular weight is 224 g/mol. The zero-order valence-corrected chi connectivity index (χ0v) is 8.94. The fourth-order valence-electron chi connectivity index (χ4n) is 1.87. The summed E-state index contributed by atoms with van der Waals surface area (Å²) in [6.45, 7) is 0.825. The van der Waals surface area contributed by atoms with E-state index in [4.69, 9.17) is 4.74 Å². The Labute approximate surface area is 92.8 Å². The minimum absolute atomic E-state index is 0.0416. The highest BCUT2D eigenvalue weighted by molar-refractivity contribution is 5.98. The summed E-state index contributed by atoms with van der Waals surface area (Å²) in [6, 6.07) is 1.36. The molecule has 2 atom stereocenters. The lowest BCUT2D eigenvalue weighted by atomic mass is 9.94. The van der Waals surface area contributed by atoms with Gasteiger partial charge in [0.25, 0.3) is 0 Å². The van der Waals surface area contributed by atoms with Crippen LogP contribution in [0.4, 0.5) is 4.39 Å². The van der Waals surface area contributed by atoms with E-state index in [0.717, 1.165) is 6.20 Å². The summed E-state index contributed by atoms with van der Waals surface area (Å²) in [5.74, 6) is -1.12. The van der Waals surface area contributed by atoms with Gasteiger partial charge >= 0.3 is 0 Å². The van der Waals surface area contributed by atoms with Crippen molar-refractivity contribution in [1.29, 1.82) is 0 Å². The van der Waals surface area contributed by atoms with Crippen LogP contribution in [0.1, 0.15) is 10.4 Å². The van der Waals surface area contributed by atoms with Gasteiger partial charge in [-0.1, -0.05) is 0 Å². The number of rotatable bonds is 3. The van der Waals surface area contributed by atoms with E-state index >= 15 is 0 Å². The molecule has 4 nitrogen and oxygen atoms in total. The predicted molar refractivity (Wildman–Crippen MR) is 55.7 cm³/mol. The number of carbonyl (C=O) groups excluding carboxylic acids is 1. The minimum atomic E-state index is -0.575. The summed E-state index contributed by atoms with van der Waals surface area (Å²) in [5.41, 5.74) is 0.0887. The highest BCUT2D eigenvalue weighted by atomic mass is 19.1. The van der Waals surface area contributed by atoms with E-state index < -0.39 is 5.82 Å². The van der Waals surface area contributed by atoms with Crippen LogP contribution in [-0.2, 0) is 4.74 Å². The summed E-state index contributed by atoms with van der Waals surface area (Å²) in [5, 5.41) is 3.00. The van der Waals surface area contributed by atoms with Crippen molar-refractivity contribution in [3.8, 4) is 0 Å². The molecule has 1 aromatic heterocycles. The minimum Gasteiger partial charge on any atom is -0.379 e. The average Bonchev–Trinajstić information content (AvgIpc) is 2.77. The molecule has 1 aliphatic heterocycles. The number of carbonyl (C=O) groups is 1. The molecule has 2 rings (SSSR count). The fourth-order valence-corrected chi connectivity index (χ4v) is 1.87. The molecule has 0 amide bonds. The van der Waals surface area contributed by atoms with Crippen LogP contribution in [-0.4, -0.2) is 37.1 Å². The van der Waals surface area contributed by atoms with Crippen molar-refractivity contribution in [2.75, 3.05) is 20.3 Å². The first-order valence-corrected chi connectivity index (χ1v) is 5.12. The molecule has 2 unspecified atom stereocenters. The monoisotopic (exact) mass is 224 g/mol. The number of aromatic nitrogens is 1. The van der Waals surface area contributed by atoms with Gasteiger partial charge in [-0.05, 0) is 13.1 Å². The first-order chi connectivity index (χ1) is 7.74. The quantitative estimate of drug-likeness (QED) is 0.765. The maximum atomic E-state index is 13.4. The number of nitrogens with one attached hydrogen (secondary N) is 1. The Balaban J connectivity index is 2.22. The Morgan fingerprint density at radius 2 is 2.44 bits per heavy atom. The molecule has 1 aromatic rings. The van der Waals surface area contributed by atoms with E-state index in [1.54, 1.807) is 7.05 Å². The van der Waals surface area contributed by atoms with Crippen LogP contribution < -0.4 is 5.32 Å². The second-order valence-corrected chi connectivity index (χ2v) is 3.76. The van der Waals surface area contributed by atoms with Crippen LogP contribution in [0.3, 0.4) is 0 Å². The van der Waals surface area contributed by atoms with Crippen LogP contribution in [0.2, 0.25) is 0 Å². The summed E-state index contributed by atoms with van der Waals surface area (Å²) in [6.07, 6.45) is 2.47. The van der Waals surface area contributed by atoms with Gasteiger partial charge in [-0.3, -0.25) is 9.78 Å². The Bertz CT molecular complexity index is 397. The van der Waals surface area contributed by atoms with Crippen molar-refractivity contribution >= 4 is 5.78 Å². The van der Waals surface area contributed by atoms with Crippen LogP contribution >= 0.6 is 0 Å². The molecule has 0 spiro atoms. The summed E-state index contributed by atoms with van der Waals surface area (Å²) in [7, 11) is 1.77. The van der Waals surface area contributed by atoms with Gasteiger partial charge in [-0.25, -0.2) is 4.39 Å². The zero-order chi connectivity index (χ0) is 11.5. The van der Waals surface area contributed by atoms with Gasteiger partial charge in [0.15, 0.2) is 11.6 Å². The normalized spacial score (nSPS) is 24.6. The third-order valence-electron chi connectivity index (χ3n) is 2.83. The topological polar surface area (TPSA) is 51.2 Å². The smallest absolute Gasteiger partial charge is 0.172 e. The number of likely N-dealkylation sites (N-methyl/N-ethyl adjacent to an activating group) is 1. The molecule has 1 fully saturated rings. The maximum absolute atomic E-state index is 13.4. The van der Waals surface area contributed by atoms with Gasteiger partial charge in [-0.15, -0.1) is 0 Å². The van der Waals surface area contributed by atoms with Crippen molar-refractivity contribution in [2.45, 2.75) is 6.04 Å². The van der Waals surface area contributed by atoms with Crippen LogP contribution in [0.15, 0.2) is 18.5 Å². The van der Waals surface area contributed by atoms with E-state index in [1.165, 1.54) is 12.3 Å². The van der Waals surface area contributed by atoms with Gasteiger partial charge < -0.3 is 10.1 Å². The number of hydrogen-bond acceptors (Lipinski definition) is 4. The number of nitrogens with zero attached hydrogens (tertiary/aromatic N) is 1. The molecule has 5 heteroatoms. The summed E-state index contributed by atoms with van der Waals surface area (Å²) in [4.78, 5) is 15.7. The fraction of sp³-hybridized carbons (Fsp3) is 0.455.